The molecule has 0 unspecified atom stereocenters. The molecule has 0 spiro atoms. The van der Waals surface area contributed by atoms with Crippen LogP contribution < -0.4 is 20.3 Å². The third-order valence-corrected chi connectivity index (χ3v) is 5.72. The summed E-state index contributed by atoms with van der Waals surface area (Å²) in [6, 6.07) is 13.1. The van der Waals surface area contributed by atoms with E-state index in [1.807, 2.05) is 31.2 Å². The largest absolute Gasteiger partial charge is 0.454 e. The van der Waals surface area contributed by atoms with Crippen molar-refractivity contribution >= 4 is 29.1 Å². The minimum Gasteiger partial charge on any atom is -0.454 e. The Hall–Kier alpha value is -3.86. The molecular weight excluding hydrogens is 432 g/mol. The van der Waals surface area contributed by atoms with Crippen LogP contribution in [0.5, 0.6) is 11.5 Å². The summed E-state index contributed by atoms with van der Waals surface area (Å²) in [7, 11) is 0. The van der Waals surface area contributed by atoms with Gasteiger partial charge in [-0.1, -0.05) is 41.6 Å². The summed E-state index contributed by atoms with van der Waals surface area (Å²) in [6.07, 6.45) is 0.373. The second-order valence-electron chi connectivity index (χ2n) is 7.19. The van der Waals surface area contributed by atoms with Crippen molar-refractivity contribution < 1.29 is 14.3 Å². The Bertz CT molecular complexity index is 1370. The molecule has 2 N–H and O–H groups in total. The number of fused-ring (bicyclic) bond motifs is 2. The van der Waals surface area contributed by atoms with Crippen molar-refractivity contribution in [2.24, 2.45) is 0 Å². The zero-order valence-corrected chi connectivity index (χ0v) is 17.8. The minimum atomic E-state index is -0.317. The minimum absolute atomic E-state index is 0.0866. The highest BCUT2D eigenvalue weighted by molar-refractivity contribution is 7.99. The number of aromatic amines is 1. The van der Waals surface area contributed by atoms with Crippen LogP contribution in [0.15, 0.2) is 52.4 Å². The number of nitrogens with zero attached hydrogens (tertiary/aromatic N) is 4. The number of nitrogens with one attached hydrogen (secondary N) is 2. The summed E-state index contributed by atoms with van der Waals surface area (Å²) in [5.41, 5.74) is 2.74. The Morgan fingerprint density at radius 1 is 1.16 bits per heavy atom. The number of ether oxygens (including phenoxy) is 2. The quantitative estimate of drug-likeness (QED) is 0.429. The summed E-state index contributed by atoms with van der Waals surface area (Å²) in [4.78, 5) is 27.5. The highest BCUT2D eigenvalue weighted by Gasteiger charge is 2.16. The maximum absolute atomic E-state index is 12.4. The van der Waals surface area contributed by atoms with E-state index in [0.29, 0.717) is 34.5 Å². The molecule has 32 heavy (non-hydrogen) atoms. The Labute approximate surface area is 186 Å². The summed E-state index contributed by atoms with van der Waals surface area (Å²) in [6.45, 7) is 2.17. The molecule has 11 heteroatoms. The van der Waals surface area contributed by atoms with Crippen LogP contribution in [0.3, 0.4) is 0 Å². The molecule has 0 fully saturated rings. The summed E-state index contributed by atoms with van der Waals surface area (Å²) >= 11 is 1.17. The van der Waals surface area contributed by atoms with Gasteiger partial charge in [-0.2, -0.15) is 9.61 Å². The molecule has 4 aromatic rings. The number of aromatic nitrogens is 5. The van der Waals surface area contributed by atoms with Gasteiger partial charge in [0.2, 0.25) is 17.9 Å². The number of anilines is 1. The average molecular weight is 450 g/mol. The number of rotatable bonds is 6. The van der Waals surface area contributed by atoms with E-state index in [9.17, 15) is 9.59 Å². The van der Waals surface area contributed by atoms with Crippen LogP contribution in [0.25, 0.3) is 5.78 Å². The average Bonchev–Trinajstić information content (AvgIpc) is 3.40. The van der Waals surface area contributed by atoms with Gasteiger partial charge in [-0.05, 0) is 24.6 Å². The number of hydrogen-bond acceptors (Lipinski definition) is 8. The molecule has 1 aliphatic rings. The second-order valence-corrected chi connectivity index (χ2v) is 8.13. The van der Waals surface area contributed by atoms with Crippen LogP contribution in [0.4, 0.5) is 5.69 Å². The number of amides is 1. The van der Waals surface area contributed by atoms with Gasteiger partial charge < -0.3 is 14.8 Å². The maximum Gasteiger partial charge on any atom is 0.274 e. The Balaban J connectivity index is 1.29. The molecule has 0 aliphatic carbocycles. The lowest BCUT2D eigenvalue weighted by Crippen LogP contribution is -2.19. The normalized spacial score (nSPS) is 12.3. The first-order chi connectivity index (χ1) is 15.5. The smallest absolute Gasteiger partial charge is 0.274 e. The van der Waals surface area contributed by atoms with E-state index in [4.69, 9.17) is 9.47 Å². The Kier molecular flexibility index (Phi) is 5.23. The fourth-order valence-electron chi connectivity index (χ4n) is 3.18. The number of aryl methyl sites for hydroxylation is 1. The SMILES string of the molecule is Cc1ccc(Cc2nn3c(SCC(=O)Nc4ccc5c(c4)OCO5)nnc3[nH]c2=O)cc1. The van der Waals surface area contributed by atoms with Gasteiger partial charge in [0.25, 0.3) is 11.3 Å². The standard InChI is InChI=1S/C21H18N6O4S/c1-12-2-4-13(5-3-12)8-15-19(29)23-20-24-25-21(27(20)26-15)32-10-18(28)22-14-6-7-16-17(9-14)31-11-30-16/h2-7,9H,8,10-11H2,1H3,(H,22,28)(H,23,24,29). The van der Waals surface area contributed by atoms with Crippen molar-refractivity contribution in [1.82, 2.24) is 24.8 Å². The lowest BCUT2D eigenvalue weighted by atomic mass is 10.1. The number of carbonyl (C=O) groups excluding carboxylic acids is 1. The summed E-state index contributed by atoms with van der Waals surface area (Å²) in [5, 5.41) is 15.6. The predicted octanol–water partition coefficient (Wildman–Crippen LogP) is 2.17. The van der Waals surface area contributed by atoms with Crippen molar-refractivity contribution in [2.45, 2.75) is 18.5 Å². The predicted molar refractivity (Wildman–Crippen MR) is 117 cm³/mol. The van der Waals surface area contributed by atoms with Crippen molar-refractivity contribution in [1.29, 1.82) is 0 Å². The first kappa shape index (κ1) is 20.1. The maximum atomic E-state index is 12.4. The summed E-state index contributed by atoms with van der Waals surface area (Å²) in [5.74, 6) is 1.32. The van der Waals surface area contributed by atoms with E-state index in [-0.39, 0.29) is 29.8 Å². The van der Waals surface area contributed by atoms with E-state index >= 15 is 0 Å². The zero-order chi connectivity index (χ0) is 22.1. The molecule has 10 nitrogen and oxygen atoms in total. The van der Waals surface area contributed by atoms with E-state index < -0.39 is 0 Å². The molecular formula is C21H18N6O4S. The van der Waals surface area contributed by atoms with Gasteiger partial charge in [-0.15, -0.1) is 10.2 Å². The van der Waals surface area contributed by atoms with Crippen molar-refractivity contribution in [3.8, 4) is 11.5 Å². The second kappa shape index (κ2) is 8.35. The Morgan fingerprint density at radius 3 is 2.81 bits per heavy atom. The molecule has 1 aliphatic heterocycles. The van der Waals surface area contributed by atoms with Gasteiger partial charge >= 0.3 is 0 Å². The van der Waals surface area contributed by atoms with Crippen molar-refractivity contribution in [3.63, 3.8) is 0 Å². The number of hydrogen-bond donors (Lipinski definition) is 2. The van der Waals surface area contributed by atoms with Crippen LogP contribution in [-0.2, 0) is 11.2 Å². The molecule has 3 heterocycles. The third kappa shape index (κ3) is 4.14. The number of carbonyl (C=O) groups is 1. The fraction of sp³-hybridized carbons (Fsp3) is 0.190. The molecule has 0 radical (unpaired) electrons. The first-order valence-corrected chi connectivity index (χ1v) is 10.8. The molecule has 0 saturated carbocycles. The molecule has 5 rings (SSSR count). The molecule has 2 aromatic heterocycles. The van der Waals surface area contributed by atoms with Crippen molar-refractivity contribution in [2.75, 3.05) is 17.9 Å². The van der Waals surface area contributed by atoms with Gasteiger partial charge in [0, 0.05) is 18.2 Å². The molecule has 162 valence electrons. The van der Waals surface area contributed by atoms with Gasteiger partial charge in [-0.3, -0.25) is 14.6 Å². The van der Waals surface area contributed by atoms with E-state index in [0.717, 1.165) is 11.1 Å². The van der Waals surface area contributed by atoms with Gasteiger partial charge in [-0.25, -0.2) is 0 Å². The number of benzene rings is 2. The monoisotopic (exact) mass is 450 g/mol. The van der Waals surface area contributed by atoms with Crippen LogP contribution in [0, 0.1) is 6.92 Å². The molecule has 2 aromatic carbocycles. The number of H-pyrrole nitrogens is 1. The molecule has 0 bridgehead atoms. The van der Waals surface area contributed by atoms with E-state index in [2.05, 4.69) is 25.6 Å². The van der Waals surface area contributed by atoms with Gasteiger partial charge in [0.1, 0.15) is 5.69 Å². The van der Waals surface area contributed by atoms with Gasteiger partial charge in [0.05, 0.1) is 5.75 Å². The van der Waals surface area contributed by atoms with Crippen LogP contribution in [0.2, 0.25) is 0 Å². The van der Waals surface area contributed by atoms with Crippen molar-refractivity contribution in [3.05, 3.63) is 69.6 Å². The highest BCUT2D eigenvalue weighted by Crippen LogP contribution is 2.34. The molecule has 1 amide bonds. The molecule has 0 atom stereocenters. The van der Waals surface area contributed by atoms with Crippen LogP contribution >= 0.6 is 11.8 Å². The Morgan fingerprint density at radius 2 is 1.97 bits per heavy atom. The zero-order valence-electron chi connectivity index (χ0n) is 17.0. The fourth-order valence-corrected chi connectivity index (χ4v) is 3.86. The van der Waals surface area contributed by atoms with Crippen LogP contribution in [0.1, 0.15) is 16.8 Å². The lowest BCUT2D eigenvalue weighted by molar-refractivity contribution is -0.113. The van der Waals surface area contributed by atoms with Gasteiger partial charge in [0.15, 0.2) is 11.5 Å². The summed E-state index contributed by atoms with van der Waals surface area (Å²) < 4.78 is 12.0. The lowest BCUT2D eigenvalue weighted by Gasteiger charge is -2.06. The number of thioether (sulfide) groups is 1. The molecule has 0 saturated heterocycles. The van der Waals surface area contributed by atoms with Crippen LogP contribution in [-0.4, -0.2) is 43.2 Å². The third-order valence-electron chi connectivity index (χ3n) is 4.80. The highest BCUT2D eigenvalue weighted by atomic mass is 32.2. The topological polar surface area (TPSA) is 124 Å². The van der Waals surface area contributed by atoms with E-state index in [1.165, 1.54) is 16.3 Å². The van der Waals surface area contributed by atoms with E-state index in [1.54, 1.807) is 18.2 Å². The first-order valence-electron chi connectivity index (χ1n) is 9.77.